The van der Waals surface area contributed by atoms with Gasteiger partial charge in [0.2, 0.25) is 0 Å². The number of carbonyl (C=O) groups excluding carboxylic acids is 1. The molecule has 1 saturated carbocycles. The number of aryl methyl sites for hydroxylation is 2. The van der Waals surface area contributed by atoms with Crippen LogP contribution in [0.25, 0.3) is 0 Å². The molecule has 1 aromatic heterocycles. The molecule has 0 bridgehead atoms. The topological polar surface area (TPSA) is 83.7 Å². The first-order valence-corrected chi connectivity index (χ1v) is 12.9. The number of nitrogens with one attached hydrogen (secondary N) is 2. The third kappa shape index (κ3) is 4.02. The van der Waals surface area contributed by atoms with E-state index in [-0.39, 0.29) is 23.9 Å². The fourth-order valence-corrected chi connectivity index (χ4v) is 6.33. The van der Waals surface area contributed by atoms with E-state index < -0.39 is 5.79 Å². The summed E-state index contributed by atoms with van der Waals surface area (Å²) in [5.74, 6) is 0.462. The number of carbonyl (C=O) groups is 1. The second-order valence-corrected chi connectivity index (χ2v) is 10.8. The zero-order valence-electron chi connectivity index (χ0n) is 21.1. The van der Waals surface area contributed by atoms with Gasteiger partial charge in [0.05, 0.1) is 17.1 Å². The number of pyridine rings is 1. The molecule has 1 atom stereocenters. The molecule has 0 radical (unpaired) electrons. The molecule has 2 aromatic rings. The molecule has 5 rings (SSSR count). The van der Waals surface area contributed by atoms with Crippen molar-refractivity contribution in [2.45, 2.75) is 78.2 Å². The number of H-pyrrole nitrogens is 1. The minimum atomic E-state index is -0.797. The van der Waals surface area contributed by atoms with Gasteiger partial charge in [-0.15, -0.1) is 0 Å². The van der Waals surface area contributed by atoms with E-state index in [4.69, 9.17) is 21.1 Å². The van der Waals surface area contributed by atoms with Crippen molar-refractivity contribution in [1.29, 1.82) is 0 Å². The van der Waals surface area contributed by atoms with Crippen LogP contribution in [0.15, 0.2) is 10.9 Å². The highest BCUT2D eigenvalue weighted by Crippen LogP contribution is 2.53. The number of aromatic nitrogens is 1. The summed E-state index contributed by atoms with van der Waals surface area (Å²) < 4.78 is 12.9. The number of benzene rings is 1. The van der Waals surface area contributed by atoms with Crippen LogP contribution in [0, 0.1) is 26.7 Å². The lowest BCUT2D eigenvalue weighted by Crippen LogP contribution is -2.46. The number of hydrogen-bond donors (Lipinski definition) is 2. The molecule has 35 heavy (non-hydrogen) atoms. The molecule has 0 saturated heterocycles. The first-order valence-electron chi connectivity index (χ1n) is 12.5. The summed E-state index contributed by atoms with van der Waals surface area (Å²) in [6.07, 6.45) is 4.76. The summed E-state index contributed by atoms with van der Waals surface area (Å²) >= 11 is 6.86. The Hall–Kier alpha value is -2.51. The lowest BCUT2D eigenvalue weighted by atomic mass is 9.81. The van der Waals surface area contributed by atoms with Crippen LogP contribution >= 0.6 is 11.6 Å². The van der Waals surface area contributed by atoms with Gasteiger partial charge >= 0.3 is 0 Å². The fourth-order valence-electron chi connectivity index (χ4n) is 6.02. The van der Waals surface area contributed by atoms with Gasteiger partial charge in [-0.1, -0.05) is 11.6 Å². The quantitative estimate of drug-likeness (QED) is 0.650. The molecule has 1 amide bonds. The fraction of sp³-hybridized carbons (Fsp3) is 0.556. The van der Waals surface area contributed by atoms with E-state index in [1.807, 2.05) is 40.8 Å². The highest BCUT2D eigenvalue weighted by atomic mass is 35.5. The average molecular weight is 500 g/mol. The zero-order valence-corrected chi connectivity index (χ0v) is 21.9. The van der Waals surface area contributed by atoms with Crippen LogP contribution in [0.4, 0.5) is 0 Å². The minimum Gasteiger partial charge on any atom is -0.448 e. The molecule has 1 aromatic carbocycles. The van der Waals surface area contributed by atoms with E-state index in [0.717, 1.165) is 48.1 Å². The van der Waals surface area contributed by atoms with Gasteiger partial charge in [0, 0.05) is 42.2 Å². The summed E-state index contributed by atoms with van der Waals surface area (Å²) in [4.78, 5) is 30.8. The molecule has 8 heteroatoms. The van der Waals surface area contributed by atoms with E-state index >= 15 is 0 Å². The van der Waals surface area contributed by atoms with Crippen LogP contribution in [0.1, 0.15) is 70.9 Å². The standard InChI is InChI=1S/C27H34ClN3O4/c1-14-12-15(2)30-25(32)20(14)13-31-11-10-19-21(26(31)33)16(3)23-24(22(19)28)35-27(4,34-23)17-6-8-18(29-5)9-7-17/h12,17-18,29H,6-11,13H2,1-5H3,(H,30,32)/t17-,18-,27?. The lowest BCUT2D eigenvalue weighted by Gasteiger charge is -2.37. The van der Waals surface area contributed by atoms with E-state index in [1.54, 1.807) is 4.90 Å². The summed E-state index contributed by atoms with van der Waals surface area (Å²) in [7, 11) is 2.01. The third-order valence-electron chi connectivity index (χ3n) is 8.15. The summed E-state index contributed by atoms with van der Waals surface area (Å²) in [5, 5.41) is 3.85. The second kappa shape index (κ2) is 8.86. The van der Waals surface area contributed by atoms with Crippen molar-refractivity contribution in [2.75, 3.05) is 13.6 Å². The van der Waals surface area contributed by atoms with Crippen LogP contribution in [0.5, 0.6) is 11.5 Å². The lowest BCUT2D eigenvalue weighted by molar-refractivity contribution is -0.121. The molecule has 188 valence electrons. The third-order valence-corrected chi connectivity index (χ3v) is 8.55. The number of hydrogen-bond acceptors (Lipinski definition) is 5. The molecule has 2 N–H and O–H groups in total. The van der Waals surface area contributed by atoms with Gasteiger partial charge in [-0.25, -0.2) is 0 Å². The normalized spacial score (nSPS) is 25.7. The number of aromatic amines is 1. The molecule has 0 spiro atoms. The van der Waals surface area contributed by atoms with Gasteiger partial charge in [0.1, 0.15) is 0 Å². The Kier molecular flexibility index (Phi) is 6.12. The maximum Gasteiger partial charge on any atom is 0.254 e. The molecule has 1 unspecified atom stereocenters. The summed E-state index contributed by atoms with van der Waals surface area (Å²) in [5.41, 5.74) is 4.31. The predicted octanol–water partition coefficient (Wildman–Crippen LogP) is 4.42. The van der Waals surface area contributed by atoms with Crippen molar-refractivity contribution in [3.8, 4) is 11.5 Å². The molecule has 3 heterocycles. The van der Waals surface area contributed by atoms with E-state index in [1.165, 1.54) is 0 Å². The van der Waals surface area contributed by atoms with Crippen LogP contribution in [0.2, 0.25) is 5.02 Å². The zero-order chi connectivity index (χ0) is 25.1. The smallest absolute Gasteiger partial charge is 0.254 e. The number of nitrogens with zero attached hydrogens (tertiary/aromatic N) is 1. The Balaban J connectivity index is 1.44. The Morgan fingerprint density at radius 3 is 2.49 bits per heavy atom. The van der Waals surface area contributed by atoms with Crippen molar-refractivity contribution < 1.29 is 14.3 Å². The maximum atomic E-state index is 13.7. The Labute approximate surface area is 211 Å². The highest BCUT2D eigenvalue weighted by molar-refractivity contribution is 6.34. The number of halogens is 1. The van der Waals surface area contributed by atoms with Crippen LogP contribution in [0.3, 0.4) is 0 Å². The molecular weight excluding hydrogens is 466 g/mol. The molecule has 1 fully saturated rings. The maximum absolute atomic E-state index is 13.7. The van der Waals surface area contributed by atoms with Gasteiger partial charge in [-0.2, -0.15) is 0 Å². The first-order chi connectivity index (χ1) is 16.6. The minimum absolute atomic E-state index is 0.125. The Bertz CT molecular complexity index is 1250. The van der Waals surface area contributed by atoms with Crippen molar-refractivity contribution >= 4 is 17.5 Å². The Morgan fingerprint density at radius 1 is 1.14 bits per heavy atom. The average Bonchev–Trinajstić information content (AvgIpc) is 3.20. The molecular formula is C27H34ClN3O4. The number of ether oxygens (including phenoxy) is 2. The van der Waals surface area contributed by atoms with Gasteiger partial charge < -0.3 is 24.7 Å². The monoisotopic (exact) mass is 499 g/mol. The van der Waals surface area contributed by atoms with Gasteiger partial charge in [-0.3, -0.25) is 9.59 Å². The molecule has 3 aliphatic rings. The van der Waals surface area contributed by atoms with Crippen molar-refractivity contribution in [1.82, 2.24) is 15.2 Å². The second-order valence-electron chi connectivity index (χ2n) is 10.4. The van der Waals surface area contributed by atoms with Crippen LogP contribution < -0.4 is 20.3 Å². The van der Waals surface area contributed by atoms with E-state index in [9.17, 15) is 9.59 Å². The van der Waals surface area contributed by atoms with E-state index in [2.05, 4.69) is 10.3 Å². The predicted molar refractivity (Wildman–Crippen MR) is 136 cm³/mol. The van der Waals surface area contributed by atoms with Crippen LogP contribution in [-0.2, 0) is 13.0 Å². The molecule has 1 aliphatic carbocycles. The first kappa shape index (κ1) is 24.2. The number of rotatable bonds is 4. The SMILES string of the molecule is CN[C@H]1CC[C@H](C2(C)Oc3c(C)c4c(c(Cl)c3O2)CCN(Cc2c(C)cc(C)[nH]c2=O)C4=O)CC1. The van der Waals surface area contributed by atoms with Crippen LogP contribution in [-0.4, -0.2) is 41.2 Å². The highest BCUT2D eigenvalue weighted by Gasteiger charge is 2.48. The van der Waals surface area contributed by atoms with Gasteiger partial charge in [-0.05, 0) is 77.1 Å². The number of fused-ring (bicyclic) bond motifs is 2. The van der Waals surface area contributed by atoms with Crippen molar-refractivity contribution in [3.05, 3.63) is 55.0 Å². The number of amides is 1. The summed E-state index contributed by atoms with van der Waals surface area (Å²) in [6.45, 7) is 8.42. The largest absolute Gasteiger partial charge is 0.448 e. The van der Waals surface area contributed by atoms with E-state index in [0.29, 0.717) is 46.7 Å². The molecule has 2 aliphatic heterocycles. The Morgan fingerprint density at radius 2 is 1.83 bits per heavy atom. The molecule has 7 nitrogen and oxygen atoms in total. The van der Waals surface area contributed by atoms with Crippen molar-refractivity contribution in [2.24, 2.45) is 5.92 Å². The summed E-state index contributed by atoms with van der Waals surface area (Å²) in [6, 6.07) is 2.47. The van der Waals surface area contributed by atoms with Gasteiger partial charge in [0.15, 0.2) is 11.5 Å². The van der Waals surface area contributed by atoms with Gasteiger partial charge in [0.25, 0.3) is 17.3 Å². The van der Waals surface area contributed by atoms with Crippen molar-refractivity contribution in [3.63, 3.8) is 0 Å².